The second-order valence-electron chi connectivity index (χ2n) is 11.4. The SMILES string of the molecule is CNC(=O)C12CC(NC(=O)C(CC3CCCC3)NC(=O)c3ccc(C(C)Nc4cc(Cl)cnc4C)s3)(C1)C2. The largest absolute Gasteiger partial charge is 0.376 e. The lowest BCUT2D eigenvalue weighted by Gasteiger charge is -2.69. The molecule has 3 amide bonds. The number of pyridine rings is 1. The summed E-state index contributed by atoms with van der Waals surface area (Å²) < 4.78 is 0. The van der Waals surface area contributed by atoms with Crippen molar-refractivity contribution in [1.29, 1.82) is 0 Å². The van der Waals surface area contributed by atoms with Crippen LogP contribution in [0.15, 0.2) is 24.4 Å². The highest BCUT2D eigenvalue weighted by atomic mass is 35.5. The smallest absolute Gasteiger partial charge is 0.262 e. The van der Waals surface area contributed by atoms with Crippen LogP contribution in [0.1, 0.15) is 84.6 Å². The van der Waals surface area contributed by atoms with E-state index in [4.69, 9.17) is 11.6 Å². The monoisotopic (exact) mass is 557 g/mol. The van der Waals surface area contributed by atoms with Crippen molar-refractivity contribution in [3.63, 3.8) is 0 Å². The van der Waals surface area contributed by atoms with Gasteiger partial charge in [0, 0.05) is 23.7 Å². The number of rotatable bonds is 10. The van der Waals surface area contributed by atoms with Crippen LogP contribution in [0.2, 0.25) is 5.02 Å². The zero-order chi connectivity index (χ0) is 27.1. The first-order valence-corrected chi connectivity index (χ1v) is 14.6. The molecule has 0 aromatic carbocycles. The van der Waals surface area contributed by atoms with Gasteiger partial charge in [-0.3, -0.25) is 19.4 Å². The van der Waals surface area contributed by atoms with Gasteiger partial charge in [0.05, 0.1) is 32.7 Å². The Bertz CT molecular complexity index is 1220. The number of halogens is 1. The molecule has 0 spiro atoms. The normalized spacial score (nSPS) is 25.5. The van der Waals surface area contributed by atoms with Crippen LogP contribution >= 0.6 is 22.9 Å². The number of hydrogen-bond acceptors (Lipinski definition) is 6. The molecule has 4 aliphatic carbocycles. The number of hydrogen-bond donors (Lipinski definition) is 4. The van der Waals surface area contributed by atoms with Crippen LogP contribution in [0.3, 0.4) is 0 Å². The molecule has 2 aromatic rings. The summed E-state index contributed by atoms with van der Waals surface area (Å²) in [5.74, 6) is 0.134. The average molecular weight is 558 g/mol. The second kappa shape index (κ2) is 10.5. The first-order chi connectivity index (χ1) is 18.1. The first kappa shape index (κ1) is 26.9. The Hall–Kier alpha value is -2.65. The van der Waals surface area contributed by atoms with Crippen molar-refractivity contribution >= 4 is 46.3 Å². The molecule has 2 heterocycles. The summed E-state index contributed by atoms with van der Waals surface area (Å²) in [6.45, 7) is 3.94. The van der Waals surface area contributed by atoms with E-state index in [9.17, 15) is 14.4 Å². The second-order valence-corrected chi connectivity index (χ2v) is 13.0. The van der Waals surface area contributed by atoms with E-state index in [0.717, 1.165) is 29.1 Å². The summed E-state index contributed by atoms with van der Waals surface area (Å²) in [6, 6.07) is 4.97. The van der Waals surface area contributed by atoms with Crippen molar-refractivity contribution in [2.24, 2.45) is 11.3 Å². The van der Waals surface area contributed by atoms with Gasteiger partial charge in [-0.1, -0.05) is 37.3 Å². The van der Waals surface area contributed by atoms with E-state index in [1.165, 1.54) is 24.2 Å². The fourth-order valence-electron chi connectivity index (χ4n) is 6.48. The van der Waals surface area contributed by atoms with Gasteiger partial charge in [0.15, 0.2) is 0 Å². The molecular formula is C28H36ClN5O3S. The van der Waals surface area contributed by atoms with E-state index < -0.39 is 6.04 Å². The summed E-state index contributed by atoms with van der Waals surface area (Å²) in [5, 5.41) is 13.0. The highest BCUT2D eigenvalue weighted by molar-refractivity contribution is 7.14. The number of carbonyl (C=O) groups excluding carboxylic acids is 3. The van der Waals surface area contributed by atoms with Gasteiger partial charge in [0.1, 0.15) is 6.04 Å². The average Bonchev–Trinajstić information content (AvgIpc) is 3.54. The number of carbonyl (C=O) groups is 3. The van der Waals surface area contributed by atoms with E-state index in [1.54, 1.807) is 13.2 Å². The van der Waals surface area contributed by atoms with Crippen molar-refractivity contribution < 1.29 is 14.4 Å². The number of anilines is 1. The highest BCUT2D eigenvalue weighted by Gasteiger charge is 2.72. The van der Waals surface area contributed by atoms with E-state index in [0.29, 0.717) is 41.5 Å². The molecule has 4 N–H and O–H groups in total. The minimum absolute atomic E-state index is 0.0463. The zero-order valence-electron chi connectivity index (χ0n) is 22.2. The van der Waals surface area contributed by atoms with E-state index >= 15 is 0 Å². The minimum Gasteiger partial charge on any atom is -0.376 e. The summed E-state index contributed by atoms with van der Waals surface area (Å²) >= 11 is 7.52. The lowest BCUT2D eigenvalue weighted by molar-refractivity contribution is -0.183. The number of thiophene rings is 1. The van der Waals surface area contributed by atoms with E-state index in [2.05, 4.69) is 26.3 Å². The van der Waals surface area contributed by atoms with Gasteiger partial charge >= 0.3 is 0 Å². The maximum absolute atomic E-state index is 13.4. The lowest BCUT2D eigenvalue weighted by Crippen LogP contribution is -2.79. The molecule has 0 radical (unpaired) electrons. The number of nitrogens with one attached hydrogen (secondary N) is 4. The third-order valence-corrected chi connectivity index (χ3v) is 9.97. The van der Waals surface area contributed by atoms with Crippen molar-refractivity contribution in [1.82, 2.24) is 20.9 Å². The Balaban J connectivity index is 1.22. The molecule has 8 nitrogen and oxygen atoms in total. The highest BCUT2D eigenvalue weighted by Crippen LogP contribution is 2.67. The fraction of sp³-hybridized carbons (Fsp3) is 0.571. The minimum atomic E-state index is -0.586. The van der Waals surface area contributed by atoms with Crippen LogP contribution in [0.4, 0.5) is 5.69 Å². The predicted molar refractivity (Wildman–Crippen MR) is 149 cm³/mol. The van der Waals surface area contributed by atoms with Crippen molar-refractivity contribution in [2.75, 3.05) is 12.4 Å². The summed E-state index contributed by atoms with van der Waals surface area (Å²) in [4.78, 5) is 44.7. The van der Waals surface area contributed by atoms with Crippen LogP contribution in [0, 0.1) is 18.3 Å². The Kier molecular flexibility index (Phi) is 7.44. The molecule has 2 bridgehead atoms. The third-order valence-electron chi connectivity index (χ3n) is 8.50. The van der Waals surface area contributed by atoms with E-state index in [1.807, 2.05) is 32.0 Å². The summed E-state index contributed by atoms with van der Waals surface area (Å²) in [7, 11) is 1.66. The Morgan fingerprint density at radius 3 is 2.58 bits per heavy atom. The maximum Gasteiger partial charge on any atom is 0.262 e. The molecule has 0 aliphatic heterocycles. The summed E-state index contributed by atoms with van der Waals surface area (Å²) in [6.07, 6.45) is 8.82. The molecule has 38 heavy (non-hydrogen) atoms. The number of amides is 3. The molecule has 4 fully saturated rings. The van der Waals surface area contributed by atoms with Crippen LogP contribution in [0.25, 0.3) is 0 Å². The van der Waals surface area contributed by atoms with E-state index in [-0.39, 0.29) is 34.7 Å². The Morgan fingerprint density at radius 1 is 1.18 bits per heavy atom. The molecule has 4 aliphatic rings. The van der Waals surface area contributed by atoms with Gasteiger partial charge in [-0.15, -0.1) is 11.3 Å². The topological polar surface area (TPSA) is 112 Å². The van der Waals surface area contributed by atoms with Gasteiger partial charge in [0.2, 0.25) is 11.8 Å². The van der Waals surface area contributed by atoms with Gasteiger partial charge in [-0.2, -0.15) is 0 Å². The first-order valence-electron chi connectivity index (χ1n) is 13.5. The molecule has 0 saturated heterocycles. The molecular weight excluding hydrogens is 522 g/mol. The molecule has 4 saturated carbocycles. The quantitative estimate of drug-likeness (QED) is 0.337. The molecule has 6 rings (SSSR count). The van der Waals surface area contributed by atoms with Crippen molar-refractivity contribution in [2.45, 2.75) is 82.8 Å². The van der Waals surface area contributed by atoms with Gasteiger partial charge in [-0.25, -0.2) is 0 Å². The predicted octanol–water partition coefficient (Wildman–Crippen LogP) is 4.74. The van der Waals surface area contributed by atoms with Gasteiger partial charge < -0.3 is 21.3 Å². The van der Waals surface area contributed by atoms with Crippen LogP contribution in [0.5, 0.6) is 0 Å². The van der Waals surface area contributed by atoms with Crippen LogP contribution < -0.4 is 21.3 Å². The van der Waals surface area contributed by atoms with Crippen LogP contribution in [-0.4, -0.2) is 41.3 Å². The Labute approximate surface area is 232 Å². The molecule has 204 valence electrons. The van der Waals surface area contributed by atoms with Gasteiger partial charge in [0.25, 0.3) is 5.91 Å². The number of nitrogens with zero attached hydrogens (tertiary/aromatic N) is 1. The third kappa shape index (κ3) is 5.27. The molecule has 2 unspecified atom stereocenters. The standard InChI is InChI=1S/C28H36ClN5O3S/c1-16-20(11-19(29)12-31-16)32-17(2)22-8-9-23(38-22)25(36)33-21(10-18-6-4-5-7-18)24(35)34-28-13-27(14-28,15-28)26(37)30-3/h8-9,11-12,17-18,21,32H,4-7,10,13-15H2,1-3H3,(H,30,37)(H,33,36)(H,34,35). The number of aryl methyl sites for hydroxylation is 1. The summed E-state index contributed by atoms with van der Waals surface area (Å²) in [5.41, 5.74) is 1.09. The fourth-order valence-corrected chi connectivity index (χ4v) is 7.55. The molecule has 10 heteroatoms. The van der Waals surface area contributed by atoms with Crippen molar-refractivity contribution in [3.8, 4) is 0 Å². The van der Waals surface area contributed by atoms with Crippen LogP contribution in [-0.2, 0) is 9.59 Å². The zero-order valence-corrected chi connectivity index (χ0v) is 23.7. The van der Waals surface area contributed by atoms with Crippen molar-refractivity contribution in [3.05, 3.63) is 44.9 Å². The lowest BCUT2D eigenvalue weighted by atomic mass is 9.39. The molecule has 2 atom stereocenters. The Morgan fingerprint density at radius 2 is 1.89 bits per heavy atom. The van der Waals surface area contributed by atoms with Gasteiger partial charge in [-0.05, 0) is 63.6 Å². The molecule has 2 aromatic heterocycles. The number of aromatic nitrogens is 1. The maximum atomic E-state index is 13.4.